The maximum absolute atomic E-state index is 6.09. The summed E-state index contributed by atoms with van der Waals surface area (Å²) in [5.74, 6) is 1.17. The van der Waals surface area contributed by atoms with Gasteiger partial charge in [-0.05, 0) is 22.6 Å². The molecular formula is C19H18ClN3. The molecule has 0 saturated heterocycles. The van der Waals surface area contributed by atoms with Gasteiger partial charge >= 0.3 is 0 Å². The van der Waals surface area contributed by atoms with Crippen molar-refractivity contribution in [1.82, 2.24) is 15.0 Å². The second-order valence-corrected chi connectivity index (χ2v) is 6.78. The SMILES string of the molecule is CC(C)(C)c1ccc(-c2nc(Cl)nc(-c3ccccc3)n2)cc1. The third-order valence-corrected chi connectivity index (χ3v) is 3.82. The third-order valence-electron chi connectivity index (χ3n) is 3.65. The van der Waals surface area contributed by atoms with Crippen LogP contribution in [-0.4, -0.2) is 15.0 Å². The number of halogens is 1. The molecule has 23 heavy (non-hydrogen) atoms. The molecule has 116 valence electrons. The summed E-state index contributed by atoms with van der Waals surface area (Å²) in [7, 11) is 0. The van der Waals surface area contributed by atoms with E-state index >= 15 is 0 Å². The Balaban J connectivity index is 2.02. The first-order valence-electron chi connectivity index (χ1n) is 7.51. The van der Waals surface area contributed by atoms with E-state index in [1.54, 1.807) is 0 Å². The molecule has 4 heteroatoms. The quantitative estimate of drug-likeness (QED) is 0.654. The molecule has 0 N–H and O–H groups in total. The molecule has 2 aromatic carbocycles. The van der Waals surface area contributed by atoms with E-state index in [0.717, 1.165) is 11.1 Å². The van der Waals surface area contributed by atoms with Crippen LogP contribution in [0, 0.1) is 0 Å². The average Bonchev–Trinajstić information content (AvgIpc) is 2.54. The Morgan fingerprint density at radius 3 is 1.74 bits per heavy atom. The molecule has 0 atom stereocenters. The second-order valence-electron chi connectivity index (χ2n) is 6.45. The van der Waals surface area contributed by atoms with E-state index in [1.807, 2.05) is 42.5 Å². The van der Waals surface area contributed by atoms with Gasteiger partial charge in [0.1, 0.15) is 0 Å². The summed E-state index contributed by atoms with van der Waals surface area (Å²) in [6, 6.07) is 18.0. The van der Waals surface area contributed by atoms with Crippen molar-refractivity contribution in [3.05, 3.63) is 65.4 Å². The summed E-state index contributed by atoms with van der Waals surface area (Å²) in [4.78, 5) is 13.1. The zero-order valence-corrected chi connectivity index (χ0v) is 14.2. The highest BCUT2D eigenvalue weighted by molar-refractivity contribution is 6.28. The second kappa shape index (κ2) is 6.09. The van der Waals surface area contributed by atoms with Crippen molar-refractivity contribution in [3.8, 4) is 22.8 Å². The lowest BCUT2D eigenvalue weighted by Gasteiger charge is -2.19. The zero-order valence-electron chi connectivity index (χ0n) is 13.4. The molecule has 0 fully saturated rings. The normalized spacial score (nSPS) is 11.5. The van der Waals surface area contributed by atoms with E-state index in [4.69, 9.17) is 11.6 Å². The largest absolute Gasteiger partial charge is 0.226 e. The van der Waals surface area contributed by atoms with Crippen LogP contribution in [0.3, 0.4) is 0 Å². The molecule has 3 rings (SSSR count). The van der Waals surface area contributed by atoms with Crippen LogP contribution in [0.2, 0.25) is 5.28 Å². The molecule has 3 aromatic rings. The predicted octanol–water partition coefficient (Wildman–Crippen LogP) is 5.16. The van der Waals surface area contributed by atoms with E-state index in [9.17, 15) is 0 Å². The van der Waals surface area contributed by atoms with E-state index in [0.29, 0.717) is 11.6 Å². The van der Waals surface area contributed by atoms with Gasteiger partial charge in [-0.2, -0.15) is 9.97 Å². The van der Waals surface area contributed by atoms with Gasteiger partial charge in [-0.3, -0.25) is 0 Å². The Bertz CT molecular complexity index is 806. The van der Waals surface area contributed by atoms with Crippen molar-refractivity contribution < 1.29 is 0 Å². The van der Waals surface area contributed by atoms with Gasteiger partial charge in [-0.1, -0.05) is 75.4 Å². The fraction of sp³-hybridized carbons (Fsp3) is 0.211. The summed E-state index contributed by atoms with van der Waals surface area (Å²) in [6.07, 6.45) is 0. The fourth-order valence-corrected chi connectivity index (χ4v) is 2.47. The molecular weight excluding hydrogens is 306 g/mol. The lowest BCUT2D eigenvalue weighted by molar-refractivity contribution is 0.590. The number of rotatable bonds is 2. The molecule has 0 bridgehead atoms. The Morgan fingerprint density at radius 2 is 1.22 bits per heavy atom. The molecule has 0 amide bonds. The maximum atomic E-state index is 6.09. The highest BCUT2D eigenvalue weighted by Crippen LogP contribution is 2.26. The van der Waals surface area contributed by atoms with Crippen molar-refractivity contribution in [1.29, 1.82) is 0 Å². The summed E-state index contributed by atoms with van der Waals surface area (Å²) < 4.78 is 0. The number of nitrogens with zero attached hydrogens (tertiary/aromatic N) is 3. The van der Waals surface area contributed by atoms with Crippen molar-refractivity contribution in [2.75, 3.05) is 0 Å². The molecule has 1 heterocycles. The molecule has 0 unspecified atom stereocenters. The number of benzene rings is 2. The van der Waals surface area contributed by atoms with Gasteiger partial charge in [-0.25, -0.2) is 4.98 Å². The number of aromatic nitrogens is 3. The Labute approximate surface area is 141 Å². The molecule has 0 aliphatic rings. The van der Waals surface area contributed by atoms with E-state index in [1.165, 1.54) is 5.56 Å². The van der Waals surface area contributed by atoms with Gasteiger partial charge in [0.25, 0.3) is 0 Å². The van der Waals surface area contributed by atoms with Crippen LogP contribution in [0.5, 0.6) is 0 Å². The minimum atomic E-state index is 0.116. The molecule has 0 aliphatic heterocycles. The van der Waals surface area contributed by atoms with Crippen LogP contribution in [0.1, 0.15) is 26.3 Å². The van der Waals surface area contributed by atoms with Crippen molar-refractivity contribution >= 4 is 11.6 Å². The molecule has 0 spiro atoms. The van der Waals surface area contributed by atoms with Gasteiger partial charge in [0.05, 0.1) is 0 Å². The molecule has 0 saturated carbocycles. The van der Waals surface area contributed by atoms with Gasteiger partial charge in [0, 0.05) is 11.1 Å². The lowest BCUT2D eigenvalue weighted by Crippen LogP contribution is -2.10. The maximum Gasteiger partial charge on any atom is 0.226 e. The zero-order chi connectivity index (χ0) is 16.4. The molecule has 0 aliphatic carbocycles. The lowest BCUT2D eigenvalue weighted by atomic mass is 9.87. The summed E-state index contributed by atoms with van der Waals surface area (Å²) in [5.41, 5.74) is 3.23. The van der Waals surface area contributed by atoms with E-state index in [2.05, 4.69) is 47.9 Å². The smallest absolute Gasteiger partial charge is 0.208 e. The highest BCUT2D eigenvalue weighted by Gasteiger charge is 2.14. The highest BCUT2D eigenvalue weighted by atomic mass is 35.5. The third kappa shape index (κ3) is 3.57. The van der Waals surface area contributed by atoms with Crippen molar-refractivity contribution in [3.63, 3.8) is 0 Å². The van der Waals surface area contributed by atoms with Gasteiger partial charge in [0.2, 0.25) is 5.28 Å². The van der Waals surface area contributed by atoms with Gasteiger partial charge in [-0.15, -0.1) is 0 Å². The number of hydrogen-bond donors (Lipinski definition) is 0. The Hall–Kier alpha value is -2.26. The minimum absolute atomic E-state index is 0.116. The summed E-state index contributed by atoms with van der Waals surface area (Å²) in [5, 5.41) is 0.203. The standard InChI is InChI=1S/C19H18ClN3/c1-19(2,3)15-11-9-14(10-12-15)17-21-16(22-18(20)23-17)13-7-5-4-6-8-13/h4-12H,1-3H3. The fourth-order valence-electron chi connectivity index (χ4n) is 2.31. The first-order valence-corrected chi connectivity index (χ1v) is 7.89. The van der Waals surface area contributed by atoms with Gasteiger partial charge < -0.3 is 0 Å². The van der Waals surface area contributed by atoms with Crippen LogP contribution < -0.4 is 0 Å². The van der Waals surface area contributed by atoms with Crippen molar-refractivity contribution in [2.24, 2.45) is 0 Å². The predicted molar refractivity (Wildman–Crippen MR) is 94.4 cm³/mol. The van der Waals surface area contributed by atoms with Crippen LogP contribution in [-0.2, 0) is 5.41 Å². The first-order chi connectivity index (χ1) is 10.9. The average molecular weight is 324 g/mol. The van der Waals surface area contributed by atoms with Gasteiger partial charge in [0.15, 0.2) is 11.6 Å². The first kappa shape index (κ1) is 15.6. The Morgan fingerprint density at radius 1 is 0.696 bits per heavy atom. The van der Waals surface area contributed by atoms with Crippen LogP contribution in [0.4, 0.5) is 0 Å². The van der Waals surface area contributed by atoms with Crippen LogP contribution in [0.25, 0.3) is 22.8 Å². The molecule has 0 radical (unpaired) electrons. The van der Waals surface area contributed by atoms with Crippen LogP contribution >= 0.6 is 11.6 Å². The summed E-state index contributed by atoms with van der Waals surface area (Å²) >= 11 is 6.09. The summed E-state index contributed by atoms with van der Waals surface area (Å²) in [6.45, 7) is 6.57. The van der Waals surface area contributed by atoms with Crippen LogP contribution in [0.15, 0.2) is 54.6 Å². The molecule has 3 nitrogen and oxygen atoms in total. The Kier molecular flexibility index (Phi) is 4.14. The minimum Gasteiger partial charge on any atom is -0.208 e. The van der Waals surface area contributed by atoms with E-state index < -0.39 is 0 Å². The molecule has 1 aromatic heterocycles. The van der Waals surface area contributed by atoms with E-state index in [-0.39, 0.29) is 10.7 Å². The topological polar surface area (TPSA) is 38.7 Å². The number of hydrogen-bond acceptors (Lipinski definition) is 3. The van der Waals surface area contributed by atoms with Crippen molar-refractivity contribution in [2.45, 2.75) is 26.2 Å². The monoisotopic (exact) mass is 323 g/mol.